The smallest absolute Gasteiger partial charge is 0.0838 e. The first-order chi connectivity index (χ1) is 7.49. The number of rotatable bonds is 5. The second-order valence-corrected chi connectivity index (χ2v) is 5.21. The van der Waals surface area contributed by atoms with Crippen molar-refractivity contribution in [2.24, 2.45) is 0 Å². The molecule has 0 spiro atoms. The van der Waals surface area contributed by atoms with Gasteiger partial charge in [0.1, 0.15) is 0 Å². The fraction of sp³-hybridized carbons (Fsp3) is 0.455. The summed E-state index contributed by atoms with van der Waals surface area (Å²) in [6.07, 6.45) is -0.391. The van der Waals surface area contributed by atoms with Crippen LogP contribution in [0, 0.1) is 0 Å². The summed E-state index contributed by atoms with van der Waals surface area (Å²) in [6.45, 7) is 1.15. The number of aliphatic hydroxyl groups excluding tert-OH is 1. The molecule has 90 valence electrons. The van der Waals surface area contributed by atoms with Gasteiger partial charge in [-0.1, -0.05) is 11.6 Å². The van der Waals surface area contributed by atoms with Gasteiger partial charge in [-0.15, -0.1) is 0 Å². The number of halogens is 2. The molecule has 1 aromatic rings. The van der Waals surface area contributed by atoms with E-state index in [1.165, 1.54) is 0 Å². The van der Waals surface area contributed by atoms with Gasteiger partial charge < -0.3 is 15.3 Å². The zero-order chi connectivity index (χ0) is 12.1. The molecule has 0 heterocycles. The lowest BCUT2D eigenvalue weighted by Crippen LogP contribution is -2.31. The highest BCUT2D eigenvalue weighted by Crippen LogP contribution is 2.25. The van der Waals surface area contributed by atoms with Crippen molar-refractivity contribution in [3.63, 3.8) is 0 Å². The van der Waals surface area contributed by atoms with E-state index in [4.69, 9.17) is 11.6 Å². The van der Waals surface area contributed by atoms with Crippen molar-refractivity contribution in [3.05, 3.63) is 27.7 Å². The molecule has 0 aromatic heterocycles. The highest BCUT2D eigenvalue weighted by Gasteiger charge is 2.06. The number of hydrogen-bond acceptors (Lipinski definition) is 3. The van der Waals surface area contributed by atoms with Gasteiger partial charge in [-0.25, -0.2) is 0 Å². The predicted molar refractivity (Wildman–Crippen MR) is 72.2 cm³/mol. The maximum Gasteiger partial charge on any atom is 0.0838 e. The van der Waals surface area contributed by atoms with Crippen LogP contribution in [0.1, 0.15) is 0 Å². The van der Waals surface area contributed by atoms with Crippen LogP contribution in [-0.2, 0) is 0 Å². The average molecular weight is 308 g/mol. The van der Waals surface area contributed by atoms with Crippen LogP contribution < -0.4 is 5.32 Å². The summed E-state index contributed by atoms with van der Waals surface area (Å²) in [6, 6.07) is 5.52. The number of benzene rings is 1. The van der Waals surface area contributed by atoms with E-state index in [-0.39, 0.29) is 0 Å². The molecule has 1 aromatic carbocycles. The van der Waals surface area contributed by atoms with Gasteiger partial charge in [0.15, 0.2) is 0 Å². The Bertz CT molecular complexity index is 347. The molecular weight excluding hydrogens is 291 g/mol. The minimum Gasteiger partial charge on any atom is -0.390 e. The van der Waals surface area contributed by atoms with Crippen molar-refractivity contribution in [3.8, 4) is 0 Å². The maximum absolute atomic E-state index is 9.68. The summed E-state index contributed by atoms with van der Waals surface area (Å²) in [7, 11) is 3.86. The molecule has 0 saturated carbocycles. The van der Waals surface area contributed by atoms with Crippen LogP contribution in [-0.4, -0.2) is 43.3 Å². The number of aliphatic hydroxyl groups is 1. The molecule has 0 aliphatic carbocycles. The molecule has 1 atom stereocenters. The monoisotopic (exact) mass is 306 g/mol. The molecule has 1 unspecified atom stereocenters. The molecule has 2 N–H and O–H groups in total. The van der Waals surface area contributed by atoms with Crippen LogP contribution >= 0.6 is 27.5 Å². The fourth-order valence-corrected chi connectivity index (χ4v) is 2.17. The largest absolute Gasteiger partial charge is 0.390 e. The van der Waals surface area contributed by atoms with Crippen molar-refractivity contribution in [2.75, 3.05) is 32.5 Å². The number of nitrogens with one attached hydrogen (secondary N) is 1. The normalized spacial score (nSPS) is 12.9. The van der Waals surface area contributed by atoms with Crippen LogP contribution in [0.3, 0.4) is 0 Å². The quantitative estimate of drug-likeness (QED) is 0.877. The highest BCUT2D eigenvalue weighted by atomic mass is 79.9. The summed E-state index contributed by atoms with van der Waals surface area (Å²) in [5.74, 6) is 0. The van der Waals surface area contributed by atoms with Gasteiger partial charge in [-0.3, -0.25) is 0 Å². The molecule has 16 heavy (non-hydrogen) atoms. The third-order valence-electron chi connectivity index (χ3n) is 2.04. The molecule has 0 saturated heterocycles. The van der Waals surface area contributed by atoms with E-state index in [1.807, 2.05) is 37.2 Å². The summed E-state index contributed by atoms with van der Waals surface area (Å²) >= 11 is 9.24. The summed E-state index contributed by atoms with van der Waals surface area (Å²) in [5, 5.41) is 13.5. The van der Waals surface area contributed by atoms with Gasteiger partial charge in [0, 0.05) is 28.3 Å². The molecule has 0 aliphatic rings. The van der Waals surface area contributed by atoms with Crippen LogP contribution in [0.5, 0.6) is 0 Å². The summed E-state index contributed by atoms with van der Waals surface area (Å²) in [4.78, 5) is 1.95. The zero-order valence-electron chi connectivity index (χ0n) is 9.37. The first-order valence-electron chi connectivity index (χ1n) is 5.00. The van der Waals surface area contributed by atoms with Crippen molar-refractivity contribution in [1.82, 2.24) is 4.90 Å². The van der Waals surface area contributed by atoms with Crippen molar-refractivity contribution < 1.29 is 5.11 Å². The van der Waals surface area contributed by atoms with Gasteiger partial charge >= 0.3 is 0 Å². The molecule has 0 amide bonds. The van der Waals surface area contributed by atoms with E-state index >= 15 is 0 Å². The lowest BCUT2D eigenvalue weighted by atomic mass is 10.3. The van der Waals surface area contributed by atoms with Crippen LogP contribution in [0.15, 0.2) is 22.7 Å². The van der Waals surface area contributed by atoms with Gasteiger partial charge in [0.25, 0.3) is 0 Å². The maximum atomic E-state index is 9.68. The minimum atomic E-state index is -0.391. The average Bonchev–Trinajstić information content (AvgIpc) is 2.15. The molecule has 5 heteroatoms. The molecule has 0 fully saturated rings. The van der Waals surface area contributed by atoms with Crippen molar-refractivity contribution in [2.45, 2.75) is 6.10 Å². The Morgan fingerprint density at radius 2 is 2.19 bits per heavy atom. The van der Waals surface area contributed by atoms with Crippen molar-refractivity contribution in [1.29, 1.82) is 0 Å². The molecule has 0 bridgehead atoms. The lowest BCUT2D eigenvalue weighted by molar-refractivity contribution is 0.148. The first kappa shape index (κ1) is 13.8. The van der Waals surface area contributed by atoms with Gasteiger partial charge in [-0.2, -0.15) is 0 Å². The van der Waals surface area contributed by atoms with Crippen molar-refractivity contribution >= 4 is 33.2 Å². The van der Waals surface area contributed by atoms with Crippen LogP contribution in [0.4, 0.5) is 5.69 Å². The Morgan fingerprint density at radius 3 is 2.75 bits per heavy atom. The van der Waals surface area contributed by atoms with Gasteiger partial charge in [0.2, 0.25) is 0 Å². The Morgan fingerprint density at radius 1 is 1.50 bits per heavy atom. The molecule has 3 nitrogen and oxygen atoms in total. The molecule has 1 rings (SSSR count). The topological polar surface area (TPSA) is 35.5 Å². The summed E-state index contributed by atoms with van der Waals surface area (Å²) < 4.78 is 0.900. The van der Waals surface area contributed by atoms with Crippen LogP contribution in [0.2, 0.25) is 5.02 Å². The van der Waals surface area contributed by atoms with E-state index in [9.17, 15) is 5.11 Å². The summed E-state index contributed by atoms with van der Waals surface area (Å²) in [5.41, 5.74) is 0.933. The number of nitrogens with zero attached hydrogens (tertiary/aromatic N) is 1. The predicted octanol–water partition coefficient (Wildman–Crippen LogP) is 2.44. The molecule has 0 aliphatic heterocycles. The van der Waals surface area contributed by atoms with E-state index in [0.29, 0.717) is 18.1 Å². The Balaban J connectivity index is 2.48. The minimum absolute atomic E-state index is 0.391. The second kappa shape index (κ2) is 6.45. The lowest BCUT2D eigenvalue weighted by Gasteiger charge is -2.17. The Kier molecular flexibility index (Phi) is 5.55. The third-order valence-corrected chi connectivity index (χ3v) is 2.93. The second-order valence-electron chi connectivity index (χ2n) is 3.92. The number of hydrogen-bond donors (Lipinski definition) is 2. The third kappa shape index (κ3) is 4.70. The zero-order valence-corrected chi connectivity index (χ0v) is 11.7. The fourth-order valence-electron chi connectivity index (χ4n) is 1.35. The van der Waals surface area contributed by atoms with E-state index in [0.717, 1.165) is 10.2 Å². The highest BCUT2D eigenvalue weighted by molar-refractivity contribution is 9.10. The van der Waals surface area contributed by atoms with E-state index in [2.05, 4.69) is 21.2 Å². The van der Waals surface area contributed by atoms with Gasteiger partial charge in [-0.05, 0) is 48.2 Å². The molecule has 0 radical (unpaired) electrons. The SMILES string of the molecule is CN(C)CC(O)CNc1ccc(Cl)cc1Br. The first-order valence-corrected chi connectivity index (χ1v) is 6.18. The van der Waals surface area contributed by atoms with E-state index < -0.39 is 6.10 Å². The standard InChI is InChI=1S/C11H16BrClN2O/c1-15(2)7-9(16)6-14-11-4-3-8(13)5-10(11)12/h3-5,9,14,16H,6-7H2,1-2H3. The van der Waals surface area contributed by atoms with E-state index in [1.54, 1.807) is 0 Å². The Hall–Kier alpha value is -0.290. The molecular formula is C11H16BrClN2O. The Labute approximate surface area is 110 Å². The van der Waals surface area contributed by atoms with Crippen LogP contribution in [0.25, 0.3) is 0 Å². The van der Waals surface area contributed by atoms with Gasteiger partial charge in [0.05, 0.1) is 6.10 Å². The number of likely N-dealkylation sites (N-methyl/N-ethyl adjacent to an activating group) is 1. The number of anilines is 1.